The van der Waals surface area contributed by atoms with E-state index < -0.39 is 0 Å². The van der Waals surface area contributed by atoms with Gasteiger partial charge in [-0.15, -0.1) is 12.4 Å². The molecule has 0 aromatic carbocycles. The lowest BCUT2D eigenvalue weighted by molar-refractivity contribution is 0.190. The van der Waals surface area contributed by atoms with Crippen LogP contribution in [-0.4, -0.2) is 41.2 Å². The van der Waals surface area contributed by atoms with Gasteiger partial charge in [0.2, 0.25) is 5.89 Å². The Bertz CT molecular complexity index is 323. The fourth-order valence-corrected chi connectivity index (χ4v) is 2.19. The fourth-order valence-electron chi connectivity index (χ4n) is 2.19. The maximum atomic E-state index is 5.14. The lowest BCUT2D eigenvalue weighted by Crippen LogP contribution is -2.32. The average molecular weight is 261 g/mol. The summed E-state index contributed by atoms with van der Waals surface area (Å²) in [6, 6.07) is 0.627. The summed E-state index contributed by atoms with van der Waals surface area (Å²) in [7, 11) is 2.13. The van der Waals surface area contributed by atoms with Crippen LogP contribution in [0.15, 0.2) is 4.52 Å². The van der Waals surface area contributed by atoms with Crippen molar-refractivity contribution < 1.29 is 4.52 Å². The van der Waals surface area contributed by atoms with Gasteiger partial charge in [-0.3, -0.25) is 4.90 Å². The summed E-state index contributed by atoms with van der Waals surface area (Å²) in [6.07, 6.45) is 3.69. The van der Waals surface area contributed by atoms with Crippen LogP contribution in [0.3, 0.4) is 0 Å². The van der Waals surface area contributed by atoms with Gasteiger partial charge in [0, 0.05) is 6.04 Å². The molecule has 1 aliphatic rings. The van der Waals surface area contributed by atoms with Gasteiger partial charge in [0.25, 0.3) is 0 Å². The molecule has 0 amide bonds. The zero-order chi connectivity index (χ0) is 11.4. The van der Waals surface area contributed by atoms with E-state index in [2.05, 4.69) is 27.4 Å². The van der Waals surface area contributed by atoms with Gasteiger partial charge in [-0.25, -0.2) is 0 Å². The van der Waals surface area contributed by atoms with Crippen molar-refractivity contribution in [2.45, 2.75) is 38.8 Å². The monoisotopic (exact) mass is 260 g/mol. The van der Waals surface area contributed by atoms with Crippen LogP contribution in [0.25, 0.3) is 0 Å². The van der Waals surface area contributed by atoms with E-state index in [9.17, 15) is 0 Å². The molecule has 98 valence electrons. The van der Waals surface area contributed by atoms with Crippen molar-refractivity contribution in [3.63, 3.8) is 0 Å². The predicted octanol–water partition coefficient (Wildman–Crippen LogP) is 1.37. The molecular weight excluding hydrogens is 240 g/mol. The Labute approximate surface area is 108 Å². The first-order chi connectivity index (χ1) is 7.75. The molecular formula is C11H21ClN4O. The molecule has 0 radical (unpaired) electrons. The van der Waals surface area contributed by atoms with Crippen molar-refractivity contribution in [3.8, 4) is 0 Å². The molecule has 1 N–H and O–H groups in total. The van der Waals surface area contributed by atoms with E-state index in [1.54, 1.807) is 0 Å². The van der Waals surface area contributed by atoms with E-state index in [1.165, 1.54) is 19.3 Å². The van der Waals surface area contributed by atoms with E-state index in [0.29, 0.717) is 11.9 Å². The Balaban J connectivity index is 0.00000144. The predicted molar refractivity (Wildman–Crippen MR) is 68.3 cm³/mol. The van der Waals surface area contributed by atoms with Crippen molar-refractivity contribution in [2.24, 2.45) is 0 Å². The van der Waals surface area contributed by atoms with Crippen molar-refractivity contribution >= 4 is 12.4 Å². The Kier molecular flexibility index (Phi) is 5.88. The van der Waals surface area contributed by atoms with Crippen LogP contribution >= 0.6 is 12.4 Å². The third kappa shape index (κ3) is 4.26. The molecule has 1 aromatic rings. The van der Waals surface area contributed by atoms with Gasteiger partial charge in [0.1, 0.15) is 0 Å². The first-order valence-corrected chi connectivity index (χ1v) is 5.96. The highest BCUT2D eigenvalue weighted by Gasteiger charge is 2.18. The lowest BCUT2D eigenvalue weighted by atomic mass is 10.1. The van der Waals surface area contributed by atoms with E-state index >= 15 is 0 Å². The number of aromatic nitrogens is 2. The molecule has 2 heterocycles. The number of nitrogens with zero attached hydrogens (tertiary/aromatic N) is 3. The maximum absolute atomic E-state index is 5.14. The normalized spacial score (nSPS) is 21.0. The molecule has 1 atom stereocenters. The minimum atomic E-state index is 0. The first-order valence-electron chi connectivity index (χ1n) is 5.96. The standard InChI is InChI=1S/C11H20N4O.ClH/c1-9-13-11(16-14-9)8-15(2)10-4-3-6-12-7-5-10;/h10,12H,3-8H2,1-2H3;1H. The first kappa shape index (κ1) is 14.4. The summed E-state index contributed by atoms with van der Waals surface area (Å²) in [6.45, 7) is 4.86. The van der Waals surface area contributed by atoms with Crippen LogP contribution < -0.4 is 5.32 Å². The van der Waals surface area contributed by atoms with Crippen LogP contribution in [0.2, 0.25) is 0 Å². The maximum Gasteiger partial charge on any atom is 0.240 e. The number of hydrogen-bond acceptors (Lipinski definition) is 5. The summed E-state index contributed by atoms with van der Waals surface area (Å²) in [5, 5.41) is 7.23. The number of halogens is 1. The molecule has 1 fully saturated rings. The zero-order valence-corrected chi connectivity index (χ0v) is 11.3. The smallest absolute Gasteiger partial charge is 0.240 e. The van der Waals surface area contributed by atoms with Crippen molar-refractivity contribution in [3.05, 3.63) is 11.7 Å². The molecule has 1 aliphatic heterocycles. The minimum Gasteiger partial charge on any atom is -0.338 e. The van der Waals surface area contributed by atoms with Crippen LogP contribution in [-0.2, 0) is 6.54 Å². The van der Waals surface area contributed by atoms with E-state index in [0.717, 1.165) is 25.5 Å². The van der Waals surface area contributed by atoms with Gasteiger partial charge in [-0.1, -0.05) is 5.16 Å². The van der Waals surface area contributed by atoms with Crippen molar-refractivity contribution in [2.75, 3.05) is 20.1 Å². The molecule has 0 spiro atoms. The average Bonchev–Trinajstić information content (AvgIpc) is 2.56. The summed E-state index contributed by atoms with van der Waals surface area (Å²) < 4.78 is 5.14. The van der Waals surface area contributed by atoms with Gasteiger partial charge in [0.15, 0.2) is 5.82 Å². The van der Waals surface area contributed by atoms with E-state index in [4.69, 9.17) is 4.52 Å². The third-order valence-corrected chi connectivity index (χ3v) is 3.12. The van der Waals surface area contributed by atoms with Crippen molar-refractivity contribution in [1.29, 1.82) is 0 Å². The molecule has 0 bridgehead atoms. The summed E-state index contributed by atoms with van der Waals surface area (Å²) >= 11 is 0. The quantitative estimate of drug-likeness (QED) is 0.890. The van der Waals surface area contributed by atoms with Crippen LogP contribution in [0.1, 0.15) is 31.0 Å². The Hall–Kier alpha value is -0.650. The Morgan fingerprint density at radius 2 is 2.24 bits per heavy atom. The molecule has 1 unspecified atom stereocenters. The van der Waals surface area contributed by atoms with Crippen LogP contribution in [0.4, 0.5) is 0 Å². The van der Waals surface area contributed by atoms with Gasteiger partial charge >= 0.3 is 0 Å². The van der Waals surface area contributed by atoms with Crippen LogP contribution in [0.5, 0.6) is 0 Å². The number of rotatable bonds is 3. The largest absolute Gasteiger partial charge is 0.338 e. The molecule has 0 saturated carbocycles. The lowest BCUT2D eigenvalue weighted by Gasteiger charge is -2.25. The molecule has 1 saturated heterocycles. The molecule has 6 heteroatoms. The summed E-state index contributed by atoms with van der Waals surface area (Å²) in [4.78, 5) is 6.55. The van der Waals surface area contributed by atoms with E-state index in [1.807, 2.05) is 6.92 Å². The van der Waals surface area contributed by atoms with E-state index in [-0.39, 0.29) is 12.4 Å². The number of hydrogen-bond donors (Lipinski definition) is 1. The number of nitrogens with one attached hydrogen (secondary N) is 1. The minimum absolute atomic E-state index is 0. The Morgan fingerprint density at radius 1 is 1.41 bits per heavy atom. The van der Waals surface area contributed by atoms with Gasteiger partial charge in [0.05, 0.1) is 6.54 Å². The molecule has 17 heavy (non-hydrogen) atoms. The molecule has 2 rings (SSSR count). The summed E-state index contributed by atoms with van der Waals surface area (Å²) in [5.74, 6) is 1.43. The highest BCUT2D eigenvalue weighted by atomic mass is 35.5. The van der Waals surface area contributed by atoms with Gasteiger partial charge < -0.3 is 9.84 Å². The second-order valence-corrected chi connectivity index (χ2v) is 4.49. The molecule has 1 aromatic heterocycles. The van der Waals surface area contributed by atoms with Crippen LogP contribution in [0, 0.1) is 6.92 Å². The second-order valence-electron chi connectivity index (χ2n) is 4.49. The van der Waals surface area contributed by atoms with Crippen molar-refractivity contribution in [1.82, 2.24) is 20.4 Å². The number of aryl methyl sites for hydroxylation is 1. The zero-order valence-electron chi connectivity index (χ0n) is 10.5. The molecule has 5 nitrogen and oxygen atoms in total. The summed E-state index contributed by atoms with van der Waals surface area (Å²) in [5.41, 5.74) is 0. The van der Waals surface area contributed by atoms with Gasteiger partial charge in [-0.05, 0) is 46.3 Å². The highest BCUT2D eigenvalue weighted by Crippen LogP contribution is 2.14. The second kappa shape index (κ2) is 6.93. The molecule has 0 aliphatic carbocycles. The highest BCUT2D eigenvalue weighted by molar-refractivity contribution is 5.85. The third-order valence-electron chi connectivity index (χ3n) is 3.12. The van der Waals surface area contributed by atoms with Gasteiger partial charge in [-0.2, -0.15) is 4.98 Å². The Morgan fingerprint density at radius 3 is 2.94 bits per heavy atom. The SMILES string of the molecule is Cc1noc(CN(C)C2CCCNCC2)n1.Cl. The fraction of sp³-hybridized carbons (Fsp3) is 0.818. The topological polar surface area (TPSA) is 54.2 Å².